The highest BCUT2D eigenvalue weighted by atomic mass is 32.2. The molecule has 0 atom stereocenters. The van der Waals surface area contributed by atoms with Crippen LogP contribution in [0.3, 0.4) is 0 Å². The van der Waals surface area contributed by atoms with E-state index in [4.69, 9.17) is 25.7 Å². The summed E-state index contributed by atoms with van der Waals surface area (Å²) in [6.45, 7) is 1.30. The third kappa shape index (κ3) is 7.84. The molecular weight excluding hydrogens is 504 g/mol. The number of hydrogen-bond donors (Lipinski definition) is 5. The van der Waals surface area contributed by atoms with Gasteiger partial charge in [0.1, 0.15) is 22.5 Å². The number of carbonyl (C=O) groups excluding carboxylic acids is 1. The molecule has 0 aliphatic heterocycles. The van der Waals surface area contributed by atoms with Crippen molar-refractivity contribution in [2.24, 2.45) is 5.92 Å². The number of nitrogens with one attached hydrogen (secondary N) is 5. The van der Waals surface area contributed by atoms with Crippen molar-refractivity contribution in [1.29, 1.82) is 16.2 Å². The van der Waals surface area contributed by atoms with Crippen LogP contribution in [0.15, 0.2) is 30.5 Å². The smallest absolute Gasteiger partial charge is 0.280 e. The summed E-state index contributed by atoms with van der Waals surface area (Å²) in [5.41, 5.74) is -0.148. The summed E-state index contributed by atoms with van der Waals surface area (Å²) in [6.07, 6.45) is 0.181. The molecule has 1 aromatic heterocycles. The SMILES string of the molecule is COc1cnc(C(F)F)cc1-c1cc(NC(=[N-])OC(C)=N)ccc1C(=O)NC(=N)SC(=N)C#CC1CC1. The number of nitrogens with zero attached hydrogens (tertiary/aromatic N) is 2. The van der Waals surface area contributed by atoms with Crippen LogP contribution in [0.1, 0.15) is 42.2 Å². The lowest BCUT2D eigenvalue weighted by Crippen LogP contribution is -2.29. The number of halogens is 2. The molecule has 1 aromatic carbocycles. The van der Waals surface area contributed by atoms with Gasteiger partial charge in [0.2, 0.25) is 0 Å². The highest BCUT2D eigenvalue weighted by molar-refractivity contribution is 8.26. The first-order valence-corrected chi connectivity index (χ1v) is 11.6. The van der Waals surface area contributed by atoms with Crippen LogP contribution in [-0.2, 0) is 4.74 Å². The second-order valence-electron chi connectivity index (χ2n) is 7.72. The Bertz CT molecular complexity index is 1330. The summed E-state index contributed by atoms with van der Waals surface area (Å²) in [5.74, 6) is 4.87. The molecule has 3 rings (SSSR count). The van der Waals surface area contributed by atoms with E-state index >= 15 is 0 Å². The lowest BCUT2D eigenvalue weighted by Gasteiger charge is -2.20. The Kier molecular flexibility index (Phi) is 8.91. The number of carbonyl (C=O) groups is 1. The number of alkyl halides is 2. The second-order valence-corrected chi connectivity index (χ2v) is 8.74. The molecule has 0 saturated heterocycles. The topological polar surface area (TPSA) is 166 Å². The Hall–Kier alpha value is -4.31. The number of rotatable bonds is 5. The Morgan fingerprint density at radius 1 is 1.24 bits per heavy atom. The van der Waals surface area contributed by atoms with Crippen LogP contribution < -0.4 is 15.4 Å². The zero-order valence-corrected chi connectivity index (χ0v) is 20.6. The summed E-state index contributed by atoms with van der Waals surface area (Å²) >= 11 is 0.667. The van der Waals surface area contributed by atoms with Gasteiger partial charge in [0.15, 0.2) is 11.1 Å². The Morgan fingerprint density at radius 3 is 2.59 bits per heavy atom. The molecule has 1 amide bonds. The van der Waals surface area contributed by atoms with Crippen molar-refractivity contribution < 1.29 is 23.0 Å². The van der Waals surface area contributed by atoms with Gasteiger partial charge >= 0.3 is 0 Å². The molecule has 5 N–H and O–H groups in total. The van der Waals surface area contributed by atoms with Crippen LogP contribution in [0.25, 0.3) is 16.5 Å². The maximum absolute atomic E-state index is 13.4. The lowest BCUT2D eigenvalue weighted by atomic mass is 9.97. The van der Waals surface area contributed by atoms with Crippen molar-refractivity contribution >= 4 is 45.5 Å². The van der Waals surface area contributed by atoms with Gasteiger partial charge in [0.05, 0.1) is 13.3 Å². The number of ether oxygens (including phenoxy) is 2. The van der Waals surface area contributed by atoms with E-state index in [1.165, 1.54) is 32.2 Å². The van der Waals surface area contributed by atoms with Gasteiger partial charge in [0, 0.05) is 24.0 Å². The fourth-order valence-electron chi connectivity index (χ4n) is 3.01. The highest BCUT2D eigenvalue weighted by Gasteiger charge is 2.21. The predicted molar refractivity (Wildman–Crippen MR) is 139 cm³/mol. The van der Waals surface area contributed by atoms with Gasteiger partial charge in [-0.05, 0) is 53.9 Å². The maximum atomic E-state index is 13.4. The molecule has 10 nitrogen and oxygen atoms in total. The van der Waals surface area contributed by atoms with Crippen LogP contribution in [0.2, 0.25) is 0 Å². The highest BCUT2D eigenvalue weighted by Crippen LogP contribution is 2.36. The van der Waals surface area contributed by atoms with E-state index in [0.29, 0.717) is 11.8 Å². The van der Waals surface area contributed by atoms with Gasteiger partial charge in [-0.1, -0.05) is 18.1 Å². The van der Waals surface area contributed by atoms with Gasteiger partial charge in [-0.15, -0.1) is 0 Å². The minimum Gasteiger partial charge on any atom is -0.494 e. The minimum atomic E-state index is -2.89. The van der Waals surface area contributed by atoms with Gasteiger partial charge in [-0.25, -0.2) is 8.78 Å². The van der Waals surface area contributed by atoms with Crippen LogP contribution >= 0.6 is 11.8 Å². The molecule has 37 heavy (non-hydrogen) atoms. The summed E-state index contributed by atoms with van der Waals surface area (Å²) in [7, 11) is 1.31. The monoisotopic (exact) mass is 526 g/mol. The second kappa shape index (κ2) is 12.1. The molecule has 2 aromatic rings. The number of aromatic nitrogens is 1. The zero-order valence-electron chi connectivity index (χ0n) is 19.7. The molecule has 0 spiro atoms. The van der Waals surface area contributed by atoms with E-state index in [9.17, 15) is 19.0 Å². The summed E-state index contributed by atoms with van der Waals surface area (Å²) in [6, 6.07) is 4.48. The van der Waals surface area contributed by atoms with E-state index in [-0.39, 0.29) is 50.2 Å². The number of pyridine rings is 1. The molecule has 13 heteroatoms. The molecule has 1 aliphatic carbocycles. The molecular formula is C24H22F2N7O3S-. The minimum absolute atomic E-state index is 0.0140. The molecule has 0 bridgehead atoms. The van der Waals surface area contributed by atoms with E-state index < -0.39 is 24.0 Å². The summed E-state index contributed by atoms with van der Waals surface area (Å²) in [5, 5.41) is 37.5. The Balaban J connectivity index is 1.95. The number of methoxy groups -OCH3 is 1. The van der Waals surface area contributed by atoms with E-state index in [0.717, 1.165) is 25.1 Å². The molecule has 1 aliphatic rings. The number of hydrogen-bond acceptors (Lipinski definition) is 8. The van der Waals surface area contributed by atoms with Crippen LogP contribution in [0.5, 0.6) is 5.75 Å². The third-order valence-electron chi connectivity index (χ3n) is 4.79. The van der Waals surface area contributed by atoms with E-state index in [2.05, 4.69) is 27.5 Å². The van der Waals surface area contributed by atoms with Crippen LogP contribution in [0, 0.1) is 34.0 Å². The zero-order chi connectivity index (χ0) is 27.1. The van der Waals surface area contributed by atoms with Crippen LogP contribution in [-0.4, -0.2) is 40.1 Å². The first-order chi connectivity index (χ1) is 17.6. The number of benzene rings is 1. The number of thioether (sulfide) groups is 1. The van der Waals surface area contributed by atoms with Gasteiger partial charge in [-0.3, -0.25) is 26.0 Å². The quantitative estimate of drug-likeness (QED) is 0.212. The Labute approximate surface area is 215 Å². The molecule has 0 radical (unpaired) electrons. The lowest BCUT2D eigenvalue weighted by molar-refractivity contribution is 0.0978. The average molecular weight is 527 g/mol. The fourth-order valence-corrected chi connectivity index (χ4v) is 3.46. The first-order valence-electron chi connectivity index (χ1n) is 10.8. The van der Waals surface area contributed by atoms with Crippen molar-refractivity contribution in [3.8, 4) is 28.7 Å². The third-order valence-corrected chi connectivity index (χ3v) is 5.40. The normalized spacial score (nSPS) is 12.1. The number of amides is 1. The fraction of sp³-hybridized carbons (Fsp3) is 0.250. The molecule has 1 heterocycles. The Morgan fingerprint density at radius 2 is 1.97 bits per heavy atom. The molecule has 1 saturated carbocycles. The van der Waals surface area contributed by atoms with Crippen molar-refractivity contribution in [2.45, 2.75) is 26.2 Å². The van der Waals surface area contributed by atoms with Crippen molar-refractivity contribution in [3.63, 3.8) is 0 Å². The van der Waals surface area contributed by atoms with Crippen molar-refractivity contribution in [2.75, 3.05) is 12.4 Å². The predicted octanol–water partition coefficient (Wildman–Crippen LogP) is 4.83. The van der Waals surface area contributed by atoms with Gasteiger partial charge < -0.3 is 25.5 Å². The summed E-state index contributed by atoms with van der Waals surface area (Å²) < 4.78 is 36.9. The standard InChI is InChI=1S/C24H22F2N7O3S/c1-12(27)36-23(29)32-14-6-7-15(22(34)33-24(30)37-20(28)8-5-13-3-4-13)16(9-14)17-10-18(21(25)26)31-11-19(17)35-2/h6-7,9-11,13,21,27-28H,3-4H2,1-2H3,(H3-,29,30,32,33,34)/q-1. The van der Waals surface area contributed by atoms with Crippen molar-refractivity contribution in [1.82, 2.24) is 10.3 Å². The first kappa shape index (κ1) is 27.3. The van der Waals surface area contributed by atoms with Gasteiger partial charge in [0.25, 0.3) is 12.3 Å². The molecule has 1 fully saturated rings. The largest absolute Gasteiger partial charge is 0.494 e. The molecule has 0 unspecified atom stereocenters. The number of anilines is 1. The molecule has 192 valence electrons. The number of amidine groups is 2. The maximum Gasteiger partial charge on any atom is 0.280 e. The average Bonchev–Trinajstić information content (AvgIpc) is 3.66. The van der Waals surface area contributed by atoms with Crippen LogP contribution in [0.4, 0.5) is 14.5 Å². The summed E-state index contributed by atoms with van der Waals surface area (Å²) in [4.78, 5) is 16.8. The van der Waals surface area contributed by atoms with Crippen molar-refractivity contribution in [3.05, 3.63) is 47.1 Å². The van der Waals surface area contributed by atoms with E-state index in [1.807, 2.05) is 0 Å². The van der Waals surface area contributed by atoms with Gasteiger partial charge in [-0.2, -0.15) is 0 Å². The van der Waals surface area contributed by atoms with E-state index in [1.54, 1.807) is 0 Å².